The number of amides is 2. The summed E-state index contributed by atoms with van der Waals surface area (Å²) in [7, 11) is 0. The van der Waals surface area contributed by atoms with Crippen LogP contribution < -0.4 is 11.1 Å². The van der Waals surface area contributed by atoms with Crippen LogP contribution in [-0.2, 0) is 14.3 Å². The molecule has 0 fully saturated rings. The highest BCUT2D eigenvalue weighted by Gasteiger charge is 2.25. The Bertz CT molecular complexity index is 608. The first-order chi connectivity index (χ1) is 10.5. The quantitative estimate of drug-likeness (QED) is 0.640. The lowest BCUT2D eigenvalue weighted by atomic mass is 9.95. The molecule has 0 spiro atoms. The van der Waals surface area contributed by atoms with Crippen LogP contribution in [0.25, 0.3) is 0 Å². The lowest BCUT2D eigenvalue weighted by Crippen LogP contribution is -2.32. The molecule has 0 saturated carbocycles. The number of carbonyl (C=O) groups excluding carboxylic acids is 3. The Morgan fingerprint density at radius 3 is 2.82 bits per heavy atom. The molecule has 0 saturated heterocycles. The summed E-state index contributed by atoms with van der Waals surface area (Å²) in [5, 5.41) is 4.58. The van der Waals surface area contributed by atoms with Crippen molar-refractivity contribution in [1.29, 1.82) is 0 Å². The number of anilines is 1. The minimum absolute atomic E-state index is 0.192. The van der Waals surface area contributed by atoms with Crippen LogP contribution in [0.1, 0.15) is 36.5 Å². The molecule has 22 heavy (non-hydrogen) atoms. The second-order valence-electron chi connectivity index (χ2n) is 5.08. The van der Waals surface area contributed by atoms with Crippen LogP contribution in [0, 0.1) is 5.92 Å². The molecule has 0 unspecified atom stereocenters. The average molecular weight is 322 g/mol. The highest BCUT2D eigenvalue weighted by atomic mass is 32.1. The standard InChI is InChI=1S/C15H18N2O4S/c1-9(21-15(20)10-5-3-2-4-6-10)13(19)17-14-11(12(16)18)7-8-22-14/h2-3,7-10H,4-6H2,1H3,(H2,16,18)(H,17,19)/t9-,10+/m0/s1. The molecule has 1 aromatic heterocycles. The Balaban J connectivity index is 1.91. The van der Waals surface area contributed by atoms with E-state index in [1.54, 1.807) is 5.38 Å². The molecule has 118 valence electrons. The maximum Gasteiger partial charge on any atom is 0.310 e. The number of primary amides is 1. The molecule has 3 N–H and O–H groups in total. The number of rotatable bonds is 5. The fourth-order valence-corrected chi connectivity index (χ4v) is 2.94. The lowest BCUT2D eigenvalue weighted by molar-refractivity contribution is -0.157. The van der Waals surface area contributed by atoms with E-state index < -0.39 is 17.9 Å². The van der Waals surface area contributed by atoms with E-state index in [0.29, 0.717) is 11.4 Å². The SMILES string of the molecule is C[C@H](OC(=O)[C@@H]1CC=CCC1)C(=O)Nc1sccc1C(N)=O. The molecule has 0 aliphatic heterocycles. The van der Waals surface area contributed by atoms with Gasteiger partial charge in [0.2, 0.25) is 0 Å². The second-order valence-corrected chi connectivity index (χ2v) is 5.99. The van der Waals surface area contributed by atoms with E-state index in [-0.39, 0.29) is 17.5 Å². The van der Waals surface area contributed by atoms with Gasteiger partial charge in [-0.25, -0.2) is 0 Å². The Labute approximate surface area is 132 Å². The maximum atomic E-state index is 12.1. The number of thiophene rings is 1. The smallest absolute Gasteiger partial charge is 0.310 e. The third kappa shape index (κ3) is 3.94. The van der Waals surface area contributed by atoms with E-state index in [4.69, 9.17) is 10.5 Å². The van der Waals surface area contributed by atoms with E-state index in [1.165, 1.54) is 24.3 Å². The van der Waals surface area contributed by atoms with E-state index in [9.17, 15) is 14.4 Å². The fraction of sp³-hybridized carbons (Fsp3) is 0.400. The van der Waals surface area contributed by atoms with E-state index in [2.05, 4.69) is 5.32 Å². The molecule has 1 heterocycles. The van der Waals surface area contributed by atoms with E-state index in [1.807, 2.05) is 12.2 Å². The van der Waals surface area contributed by atoms with Gasteiger partial charge >= 0.3 is 5.97 Å². The Kier molecular flexibility index (Phi) is 5.32. The number of esters is 1. The van der Waals surface area contributed by atoms with Crippen molar-refractivity contribution in [3.63, 3.8) is 0 Å². The van der Waals surface area contributed by atoms with Crippen LogP contribution in [0.2, 0.25) is 0 Å². The molecule has 0 bridgehead atoms. The molecular formula is C15H18N2O4S. The first-order valence-electron chi connectivity index (χ1n) is 7.02. The number of allylic oxidation sites excluding steroid dienone is 2. The number of carbonyl (C=O) groups is 3. The number of nitrogens with two attached hydrogens (primary N) is 1. The van der Waals surface area contributed by atoms with Crippen molar-refractivity contribution in [1.82, 2.24) is 0 Å². The largest absolute Gasteiger partial charge is 0.452 e. The van der Waals surface area contributed by atoms with Gasteiger partial charge in [0.05, 0.1) is 11.5 Å². The van der Waals surface area contributed by atoms with E-state index in [0.717, 1.165) is 12.8 Å². The summed E-state index contributed by atoms with van der Waals surface area (Å²) in [6, 6.07) is 1.54. The minimum atomic E-state index is -0.929. The molecule has 2 rings (SSSR count). The van der Waals surface area contributed by atoms with Crippen LogP contribution in [0.4, 0.5) is 5.00 Å². The van der Waals surface area contributed by atoms with E-state index >= 15 is 0 Å². The third-order valence-electron chi connectivity index (χ3n) is 3.43. The predicted molar refractivity (Wildman–Crippen MR) is 83.5 cm³/mol. The molecule has 1 aliphatic rings. The number of nitrogens with one attached hydrogen (secondary N) is 1. The van der Waals surface area contributed by atoms with Gasteiger partial charge in [-0.1, -0.05) is 12.2 Å². The number of ether oxygens (including phenoxy) is 1. The zero-order chi connectivity index (χ0) is 16.1. The monoisotopic (exact) mass is 322 g/mol. The highest BCUT2D eigenvalue weighted by molar-refractivity contribution is 7.14. The molecule has 2 atom stereocenters. The van der Waals surface area contributed by atoms with Gasteiger partial charge < -0.3 is 15.8 Å². The summed E-state index contributed by atoms with van der Waals surface area (Å²) in [6.45, 7) is 1.50. The summed E-state index contributed by atoms with van der Waals surface area (Å²) in [5.74, 6) is -1.66. The maximum absolute atomic E-state index is 12.1. The lowest BCUT2D eigenvalue weighted by Gasteiger charge is -2.19. The van der Waals surface area contributed by atoms with Crippen molar-refractivity contribution in [3.05, 3.63) is 29.2 Å². The highest BCUT2D eigenvalue weighted by Crippen LogP contribution is 2.24. The topological polar surface area (TPSA) is 98.5 Å². The van der Waals surface area contributed by atoms with Crippen molar-refractivity contribution < 1.29 is 19.1 Å². The van der Waals surface area contributed by atoms with Crippen LogP contribution in [0.5, 0.6) is 0 Å². The van der Waals surface area contributed by atoms with Crippen LogP contribution in [0.15, 0.2) is 23.6 Å². The van der Waals surface area contributed by atoms with Gasteiger partial charge in [-0.2, -0.15) is 0 Å². The summed E-state index contributed by atoms with van der Waals surface area (Å²) >= 11 is 1.19. The van der Waals surface area contributed by atoms with Gasteiger partial charge in [0.25, 0.3) is 11.8 Å². The Morgan fingerprint density at radius 2 is 2.18 bits per heavy atom. The summed E-state index contributed by atoms with van der Waals surface area (Å²) < 4.78 is 5.20. The average Bonchev–Trinajstić information content (AvgIpc) is 2.96. The Morgan fingerprint density at radius 1 is 1.41 bits per heavy atom. The van der Waals surface area contributed by atoms with Crippen molar-refractivity contribution >= 4 is 34.1 Å². The third-order valence-corrected chi connectivity index (χ3v) is 4.26. The van der Waals surface area contributed by atoms with Gasteiger partial charge in [0, 0.05) is 0 Å². The van der Waals surface area contributed by atoms with Gasteiger partial charge in [-0.05, 0) is 37.6 Å². The summed E-state index contributed by atoms with van der Waals surface area (Å²) in [6.07, 6.45) is 5.27. The van der Waals surface area contributed by atoms with Crippen LogP contribution in [-0.4, -0.2) is 23.9 Å². The zero-order valence-corrected chi connectivity index (χ0v) is 13.0. The van der Waals surface area contributed by atoms with Crippen LogP contribution in [0.3, 0.4) is 0 Å². The molecule has 0 aromatic carbocycles. The van der Waals surface area contributed by atoms with Gasteiger partial charge in [0.1, 0.15) is 5.00 Å². The van der Waals surface area contributed by atoms with Gasteiger partial charge in [-0.3, -0.25) is 14.4 Å². The molecule has 1 aliphatic carbocycles. The molecule has 0 radical (unpaired) electrons. The van der Waals surface area contributed by atoms with Crippen LogP contribution >= 0.6 is 11.3 Å². The number of hydrogen-bond acceptors (Lipinski definition) is 5. The molecular weight excluding hydrogens is 304 g/mol. The van der Waals surface area contributed by atoms with Gasteiger partial charge in [-0.15, -0.1) is 11.3 Å². The minimum Gasteiger partial charge on any atom is -0.452 e. The number of hydrogen-bond donors (Lipinski definition) is 2. The van der Waals surface area contributed by atoms with Gasteiger partial charge in [0.15, 0.2) is 6.10 Å². The zero-order valence-electron chi connectivity index (χ0n) is 12.2. The second kappa shape index (κ2) is 7.22. The molecule has 7 heteroatoms. The van der Waals surface area contributed by atoms with Crippen molar-refractivity contribution in [3.8, 4) is 0 Å². The molecule has 2 amide bonds. The summed E-state index contributed by atoms with van der Waals surface area (Å²) in [4.78, 5) is 35.2. The van der Waals surface area contributed by atoms with Crippen molar-refractivity contribution in [2.45, 2.75) is 32.3 Å². The first kappa shape index (κ1) is 16.2. The fourth-order valence-electron chi connectivity index (χ4n) is 2.15. The summed E-state index contributed by atoms with van der Waals surface area (Å²) in [5.41, 5.74) is 5.46. The molecule has 1 aromatic rings. The van der Waals surface area contributed by atoms with Crippen molar-refractivity contribution in [2.24, 2.45) is 11.7 Å². The Hall–Kier alpha value is -2.15. The molecule has 6 nitrogen and oxygen atoms in total. The van der Waals surface area contributed by atoms with Crippen molar-refractivity contribution in [2.75, 3.05) is 5.32 Å². The normalized spacial score (nSPS) is 18.5. The first-order valence-corrected chi connectivity index (χ1v) is 7.90. The predicted octanol–water partition coefficient (Wildman–Crippen LogP) is 2.07.